The summed E-state index contributed by atoms with van der Waals surface area (Å²) in [6.45, 7) is 3.19. The summed E-state index contributed by atoms with van der Waals surface area (Å²) < 4.78 is 10.4. The highest BCUT2D eigenvalue weighted by Crippen LogP contribution is 2.25. The van der Waals surface area contributed by atoms with Gasteiger partial charge >= 0.3 is 5.97 Å². The van der Waals surface area contributed by atoms with Gasteiger partial charge in [-0.05, 0) is 43.7 Å². The topological polar surface area (TPSA) is 102 Å². The van der Waals surface area contributed by atoms with Crippen molar-refractivity contribution in [2.75, 3.05) is 19.0 Å². The van der Waals surface area contributed by atoms with Crippen LogP contribution in [0.1, 0.15) is 39.6 Å². The summed E-state index contributed by atoms with van der Waals surface area (Å²) in [4.78, 5) is 50.2. The first-order valence-corrected chi connectivity index (χ1v) is 9.42. The van der Waals surface area contributed by atoms with Crippen molar-refractivity contribution in [2.24, 2.45) is 0 Å². The van der Waals surface area contributed by atoms with Crippen LogP contribution in [0.4, 0.5) is 5.69 Å². The van der Waals surface area contributed by atoms with Gasteiger partial charge in [0.1, 0.15) is 5.75 Å². The Balaban J connectivity index is 1.54. The maximum atomic E-state index is 12.4. The zero-order chi connectivity index (χ0) is 21.8. The second-order valence-electron chi connectivity index (χ2n) is 6.88. The Kier molecular flexibility index (Phi) is 6.15. The summed E-state index contributed by atoms with van der Waals surface area (Å²) in [6.07, 6.45) is -1.28. The monoisotopic (exact) mass is 410 g/mol. The largest absolute Gasteiger partial charge is 0.495 e. The standard InChI is InChI=1S/C22H22N2O6/c1-13-8-9-18(29-3)17(12-13)23-20(26)14(2)30-19(25)10-11-24-21(27)15-6-4-5-7-16(15)22(24)28/h4-9,12,14H,10-11H2,1-3H3,(H,23,26)/t14-/m1/s1. The Morgan fingerprint density at radius 2 is 1.70 bits per heavy atom. The van der Waals surface area contributed by atoms with Gasteiger partial charge in [-0.1, -0.05) is 18.2 Å². The number of fused-ring (bicyclic) bond motifs is 1. The molecule has 1 N–H and O–H groups in total. The molecule has 30 heavy (non-hydrogen) atoms. The second kappa shape index (κ2) is 8.77. The first kappa shape index (κ1) is 21.0. The Labute approximate surface area is 173 Å². The summed E-state index contributed by atoms with van der Waals surface area (Å²) in [7, 11) is 1.49. The van der Waals surface area contributed by atoms with Crippen LogP contribution >= 0.6 is 0 Å². The van der Waals surface area contributed by atoms with Gasteiger partial charge in [-0.15, -0.1) is 0 Å². The molecule has 0 spiro atoms. The van der Waals surface area contributed by atoms with E-state index < -0.39 is 29.8 Å². The molecule has 1 heterocycles. The van der Waals surface area contributed by atoms with E-state index in [1.807, 2.05) is 13.0 Å². The number of carbonyl (C=O) groups is 4. The smallest absolute Gasteiger partial charge is 0.308 e. The number of carbonyl (C=O) groups excluding carboxylic acids is 4. The molecule has 2 aromatic carbocycles. The van der Waals surface area contributed by atoms with Crippen molar-refractivity contribution >= 4 is 29.4 Å². The van der Waals surface area contributed by atoms with E-state index in [9.17, 15) is 19.2 Å². The number of anilines is 1. The minimum Gasteiger partial charge on any atom is -0.495 e. The molecular formula is C22H22N2O6. The van der Waals surface area contributed by atoms with E-state index in [1.54, 1.807) is 36.4 Å². The molecule has 8 nitrogen and oxygen atoms in total. The lowest BCUT2D eigenvalue weighted by atomic mass is 10.1. The van der Waals surface area contributed by atoms with Crippen molar-refractivity contribution in [1.82, 2.24) is 4.90 Å². The van der Waals surface area contributed by atoms with E-state index in [-0.39, 0.29) is 13.0 Å². The molecule has 0 unspecified atom stereocenters. The molecule has 1 atom stereocenters. The zero-order valence-corrected chi connectivity index (χ0v) is 16.9. The molecule has 0 fully saturated rings. The maximum Gasteiger partial charge on any atom is 0.308 e. The van der Waals surface area contributed by atoms with Crippen LogP contribution in [0, 0.1) is 6.92 Å². The lowest BCUT2D eigenvalue weighted by Gasteiger charge is -2.17. The summed E-state index contributed by atoms with van der Waals surface area (Å²) in [6, 6.07) is 11.8. The van der Waals surface area contributed by atoms with Gasteiger partial charge in [0.05, 0.1) is 30.3 Å². The van der Waals surface area contributed by atoms with Gasteiger partial charge in [-0.3, -0.25) is 24.1 Å². The molecule has 2 aromatic rings. The molecule has 3 amide bonds. The van der Waals surface area contributed by atoms with Crippen molar-refractivity contribution < 1.29 is 28.7 Å². The van der Waals surface area contributed by atoms with Crippen LogP contribution in [-0.4, -0.2) is 48.3 Å². The number of nitrogens with one attached hydrogen (secondary N) is 1. The normalized spacial score (nSPS) is 13.6. The number of rotatable bonds is 7. The van der Waals surface area contributed by atoms with Gasteiger partial charge < -0.3 is 14.8 Å². The third kappa shape index (κ3) is 4.32. The van der Waals surface area contributed by atoms with E-state index in [0.29, 0.717) is 22.6 Å². The molecule has 0 aliphatic carbocycles. The number of esters is 1. The third-order valence-corrected chi connectivity index (χ3v) is 4.71. The van der Waals surface area contributed by atoms with Gasteiger partial charge in [-0.25, -0.2) is 0 Å². The number of aryl methyl sites for hydroxylation is 1. The Hall–Kier alpha value is -3.68. The minimum absolute atomic E-state index is 0.120. The molecule has 3 rings (SSSR count). The van der Waals surface area contributed by atoms with Crippen molar-refractivity contribution in [3.05, 3.63) is 59.2 Å². The number of amides is 3. The highest BCUT2D eigenvalue weighted by atomic mass is 16.5. The quantitative estimate of drug-likeness (QED) is 0.556. The molecule has 0 saturated heterocycles. The summed E-state index contributed by atoms with van der Waals surface area (Å²) in [5, 5.41) is 2.67. The van der Waals surface area contributed by atoms with E-state index >= 15 is 0 Å². The van der Waals surface area contributed by atoms with Crippen molar-refractivity contribution in [1.29, 1.82) is 0 Å². The van der Waals surface area contributed by atoms with Gasteiger partial charge in [0.25, 0.3) is 17.7 Å². The number of methoxy groups -OCH3 is 1. The Bertz CT molecular complexity index is 981. The molecule has 156 valence electrons. The highest BCUT2D eigenvalue weighted by Gasteiger charge is 2.35. The van der Waals surface area contributed by atoms with Crippen molar-refractivity contribution in [3.63, 3.8) is 0 Å². The minimum atomic E-state index is -1.06. The van der Waals surface area contributed by atoms with Crippen molar-refractivity contribution in [2.45, 2.75) is 26.4 Å². The average Bonchev–Trinajstić information content (AvgIpc) is 2.97. The summed E-state index contributed by atoms with van der Waals surface area (Å²) >= 11 is 0. The Morgan fingerprint density at radius 3 is 2.30 bits per heavy atom. The van der Waals surface area contributed by atoms with Crippen LogP contribution in [0.15, 0.2) is 42.5 Å². The van der Waals surface area contributed by atoms with Crippen LogP contribution in [0.2, 0.25) is 0 Å². The lowest BCUT2D eigenvalue weighted by molar-refractivity contribution is -0.153. The molecule has 0 radical (unpaired) electrons. The van der Waals surface area contributed by atoms with E-state index in [1.165, 1.54) is 14.0 Å². The number of benzene rings is 2. The van der Waals surface area contributed by atoms with Gasteiger partial charge in [-0.2, -0.15) is 0 Å². The predicted octanol–water partition coefficient (Wildman–Crippen LogP) is 2.56. The van der Waals surface area contributed by atoms with Crippen LogP contribution in [0.5, 0.6) is 5.75 Å². The average molecular weight is 410 g/mol. The highest BCUT2D eigenvalue weighted by molar-refractivity contribution is 6.21. The number of imide groups is 1. The van der Waals surface area contributed by atoms with E-state index in [4.69, 9.17) is 9.47 Å². The van der Waals surface area contributed by atoms with E-state index in [0.717, 1.165) is 10.5 Å². The molecular weight excluding hydrogens is 388 g/mol. The van der Waals surface area contributed by atoms with Crippen molar-refractivity contribution in [3.8, 4) is 5.75 Å². The van der Waals surface area contributed by atoms with Gasteiger partial charge in [0.2, 0.25) is 0 Å². The molecule has 0 saturated carbocycles. The Morgan fingerprint density at radius 1 is 1.07 bits per heavy atom. The lowest BCUT2D eigenvalue weighted by Crippen LogP contribution is -2.34. The number of hydrogen-bond acceptors (Lipinski definition) is 6. The molecule has 0 aromatic heterocycles. The summed E-state index contributed by atoms with van der Waals surface area (Å²) in [5.74, 6) is -1.61. The van der Waals surface area contributed by atoms with Gasteiger partial charge in [0, 0.05) is 6.54 Å². The first-order valence-electron chi connectivity index (χ1n) is 9.42. The maximum absolute atomic E-state index is 12.4. The fraction of sp³-hybridized carbons (Fsp3) is 0.273. The van der Waals surface area contributed by atoms with Crippen LogP contribution in [0.25, 0.3) is 0 Å². The molecule has 8 heteroatoms. The summed E-state index contributed by atoms with van der Waals surface area (Å²) in [5.41, 5.74) is 2.03. The fourth-order valence-corrected chi connectivity index (χ4v) is 3.11. The molecule has 1 aliphatic rings. The predicted molar refractivity (Wildman–Crippen MR) is 108 cm³/mol. The number of hydrogen-bond donors (Lipinski definition) is 1. The molecule has 1 aliphatic heterocycles. The van der Waals surface area contributed by atoms with Crippen LogP contribution in [0.3, 0.4) is 0 Å². The van der Waals surface area contributed by atoms with Crippen LogP contribution < -0.4 is 10.1 Å². The number of nitrogens with zero attached hydrogens (tertiary/aromatic N) is 1. The van der Waals surface area contributed by atoms with Gasteiger partial charge in [0.15, 0.2) is 6.10 Å². The van der Waals surface area contributed by atoms with E-state index in [2.05, 4.69) is 5.32 Å². The second-order valence-corrected chi connectivity index (χ2v) is 6.88. The molecule has 0 bridgehead atoms. The zero-order valence-electron chi connectivity index (χ0n) is 16.9. The van der Waals surface area contributed by atoms with Crippen LogP contribution in [-0.2, 0) is 14.3 Å². The third-order valence-electron chi connectivity index (χ3n) is 4.71. The first-order chi connectivity index (χ1) is 14.3. The number of ether oxygens (including phenoxy) is 2. The fourth-order valence-electron chi connectivity index (χ4n) is 3.11. The SMILES string of the molecule is COc1ccc(C)cc1NC(=O)[C@@H](C)OC(=O)CCN1C(=O)c2ccccc2C1=O.